The molecule has 1 aromatic heterocycles. The summed E-state index contributed by atoms with van der Waals surface area (Å²) in [5.74, 6) is 0.179. The minimum absolute atomic E-state index is 0.215. The van der Waals surface area contributed by atoms with Gasteiger partial charge in [-0.15, -0.1) is 0 Å². The fourth-order valence-electron chi connectivity index (χ4n) is 4.07. The molecule has 34 heavy (non-hydrogen) atoms. The van der Waals surface area contributed by atoms with Crippen molar-refractivity contribution in [3.63, 3.8) is 0 Å². The van der Waals surface area contributed by atoms with E-state index in [1.54, 1.807) is 24.5 Å². The largest absolute Gasteiger partial charge is 0.493 e. The van der Waals surface area contributed by atoms with Crippen LogP contribution in [0.4, 0.5) is 10.1 Å². The number of fused-ring (bicyclic) bond motifs is 1. The van der Waals surface area contributed by atoms with E-state index in [1.165, 1.54) is 17.7 Å². The first-order chi connectivity index (χ1) is 16.4. The van der Waals surface area contributed by atoms with Crippen molar-refractivity contribution in [1.82, 2.24) is 0 Å². The van der Waals surface area contributed by atoms with Crippen molar-refractivity contribution >= 4 is 28.1 Å². The quantitative estimate of drug-likeness (QED) is 0.292. The highest BCUT2D eigenvalue weighted by Crippen LogP contribution is 2.40. The van der Waals surface area contributed by atoms with Crippen LogP contribution in [0.1, 0.15) is 37.5 Å². The minimum atomic E-state index is -0.291. The minimum Gasteiger partial charge on any atom is -0.493 e. The topological polar surface area (TPSA) is 51.5 Å². The number of hydrogen-bond donors (Lipinski definition) is 1. The molecular weight excluding hydrogens is 429 g/mol. The zero-order valence-electron chi connectivity index (χ0n) is 19.9. The SMILES string of the molecule is CCOc1c(/C(C)=C/C(=O)Nc2ccc(CC)cc2)cc2c(-c3ccc(F)cc3)coc2c1C. The Kier molecular flexibility index (Phi) is 6.82. The van der Waals surface area contributed by atoms with Gasteiger partial charge in [0.2, 0.25) is 5.91 Å². The van der Waals surface area contributed by atoms with Crippen molar-refractivity contribution in [3.8, 4) is 16.9 Å². The van der Waals surface area contributed by atoms with Gasteiger partial charge in [-0.05, 0) is 74.2 Å². The standard InChI is InChI=1S/C29H28FNO3/c1-5-20-7-13-23(14-8-20)31-27(32)15-18(3)24-16-25-26(21-9-11-22(30)12-10-21)17-34-29(25)19(4)28(24)33-6-2/h7-17H,5-6H2,1-4H3,(H,31,32)/b18-15+. The van der Waals surface area contributed by atoms with Gasteiger partial charge in [-0.3, -0.25) is 4.79 Å². The number of rotatable bonds is 7. The van der Waals surface area contributed by atoms with E-state index < -0.39 is 0 Å². The van der Waals surface area contributed by atoms with E-state index in [0.717, 1.165) is 45.3 Å². The molecule has 0 aliphatic heterocycles. The number of ether oxygens (including phenoxy) is 1. The molecule has 0 fully saturated rings. The van der Waals surface area contributed by atoms with Crippen molar-refractivity contribution < 1.29 is 18.3 Å². The van der Waals surface area contributed by atoms with Gasteiger partial charge in [0.1, 0.15) is 17.1 Å². The Morgan fingerprint density at radius 3 is 2.44 bits per heavy atom. The molecule has 0 unspecified atom stereocenters. The molecule has 0 saturated carbocycles. The van der Waals surface area contributed by atoms with Gasteiger partial charge in [0.15, 0.2) is 0 Å². The fourth-order valence-corrected chi connectivity index (χ4v) is 4.07. The van der Waals surface area contributed by atoms with Gasteiger partial charge >= 0.3 is 0 Å². The van der Waals surface area contributed by atoms with Crippen LogP contribution in [0, 0.1) is 12.7 Å². The molecular formula is C29H28FNO3. The van der Waals surface area contributed by atoms with Crippen molar-refractivity contribution in [2.45, 2.75) is 34.1 Å². The molecule has 1 amide bonds. The van der Waals surface area contributed by atoms with E-state index in [1.807, 2.05) is 51.1 Å². The third kappa shape index (κ3) is 4.74. The monoisotopic (exact) mass is 457 g/mol. The molecule has 5 heteroatoms. The number of aryl methyl sites for hydroxylation is 2. The number of halogens is 1. The molecule has 0 spiro atoms. The van der Waals surface area contributed by atoms with Gasteiger partial charge in [-0.1, -0.05) is 31.2 Å². The first-order valence-electron chi connectivity index (χ1n) is 11.4. The molecule has 0 radical (unpaired) electrons. The van der Waals surface area contributed by atoms with Crippen molar-refractivity contribution in [2.24, 2.45) is 0 Å². The van der Waals surface area contributed by atoms with Gasteiger partial charge in [0, 0.05) is 33.8 Å². The summed E-state index contributed by atoms with van der Waals surface area (Å²) in [6.45, 7) is 8.33. The summed E-state index contributed by atoms with van der Waals surface area (Å²) in [6, 6.07) is 16.1. The van der Waals surface area contributed by atoms with Gasteiger partial charge in [0.25, 0.3) is 0 Å². The molecule has 0 atom stereocenters. The number of allylic oxidation sites excluding steroid dienone is 1. The summed E-state index contributed by atoms with van der Waals surface area (Å²) in [5, 5.41) is 3.80. The van der Waals surface area contributed by atoms with E-state index in [0.29, 0.717) is 17.9 Å². The van der Waals surface area contributed by atoms with Crippen molar-refractivity contribution in [2.75, 3.05) is 11.9 Å². The molecule has 0 saturated heterocycles. The predicted octanol–water partition coefficient (Wildman–Crippen LogP) is 7.55. The Balaban J connectivity index is 1.74. The Morgan fingerprint density at radius 1 is 1.09 bits per heavy atom. The first kappa shape index (κ1) is 23.3. The zero-order valence-corrected chi connectivity index (χ0v) is 19.9. The van der Waals surface area contributed by atoms with E-state index in [-0.39, 0.29) is 11.7 Å². The zero-order chi connectivity index (χ0) is 24.2. The van der Waals surface area contributed by atoms with Crippen LogP contribution in [-0.4, -0.2) is 12.5 Å². The summed E-state index contributed by atoms with van der Waals surface area (Å²) < 4.78 is 25.3. The average molecular weight is 458 g/mol. The van der Waals surface area contributed by atoms with Crippen LogP contribution in [0.5, 0.6) is 5.75 Å². The Morgan fingerprint density at radius 2 is 1.79 bits per heavy atom. The Hall–Kier alpha value is -3.86. The van der Waals surface area contributed by atoms with Crippen LogP contribution >= 0.6 is 0 Å². The summed E-state index contributed by atoms with van der Waals surface area (Å²) in [5.41, 5.74) is 6.81. The van der Waals surface area contributed by atoms with Crippen LogP contribution in [0.25, 0.3) is 27.7 Å². The lowest BCUT2D eigenvalue weighted by Crippen LogP contribution is -2.09. The normalized spacial score (nSPS) is 11.6. The van der Waals surface area contributed by atoms with E-state index in [4.69, 9.17) is 9.15 Å². The number of anilines is 1. The maximum atomic E-state index is 13.4. The smallest absolute Gasteiger partial charge is 0.248 e. The second-order valence-corrected chi connectivity index (χ2v) is 8.21. The summed E-state index contributed by atoms with van der Waals surface area (Å²) in [7, 11) is 0. The highest BCUT2D eigenvalue weighted by Gasteiger charge is 2.19. The summed E-state index contributed by atoms with van der Waals surface area (Å²) in [4.78, 5) is 12.8. The second-order valence-electron chi connectivity index (χ2n) is 8.21. The fraction of sp³-hybridized carbons (Fsp3) is 0.207. The van der Waals surface area contributed by atoms with Gasteiger partial charge in [-0.25, -0.2) is 4.39 Å². The number of carbonyl (C=O) groups is 1. The van der Waals surface area contributed by atoms with Gasteiger partial charge in [0.05, 0.1) is 12.9 Å². The Bertz CT molecular complexity index is 1350. The van der Waals surface area contributed by atoms with Crippen LogP contribution in [-0.2, 0) is 11.2 Å². The first-order valence-corrected chi connectivity index (χ1v) is 11.4. The number of nitrogens with one attached hydrogen (secondary N) is 1. The number of furan rings is 1. The Labute approximate surface area is 199 Å². The van der Waals surface area contributed by atoms with E-state index in [9.17, 15) is 9.18 Å². The maximum absolute atomic E-state index is 13.4. The lowest BCUT2D eigenvalue weighted by molar-refractivity contribution is -0.111. The lowest BCUT2D eigenvalue weighted by Gasteiger charge is -2.15. The number of benzene rings is 3. The molecule has 1 heterocycles. The third-order valence-corrected chi connectivity index (χ3v) is 5.89. The van der Waals surface area contributed by atoms with E-state index in [2.05, 4.69) is 12.2 Å². The molecule has 3 aromatic carbocycles. The van der Waals surface area contributed by atoms with Crippen LogP contribution in [0.3, 0.4) is 0 Å². The maximum Gasteiger partial charge on any atom is 0.248 e. The molecule has 4 aromatic rings. The highest BCUT2D eigenvalue weighted by molar-refractivity contribution is 6.06. The molecule has 1 N–H and O–H groups in total. The van der Waals surface area contributed by atoms with Gasteiger partial charge < -0.3 is 14.5 Å². The van der Waals surface area contributed by atoms with Crippen LogP contribution < -0.4 is 10.1 Å². The van der Waals surface area contributed by atoms with Crippen LogP contribution in [0.2, 0.25) is 0 Å². The third-order valence-electron chi connectivity index (χ3n) is 5.89. The number of hydrogen-bond acceptors (Lipinski definition) is 3. The van der Waals surface area contributed by atoms with Crippen LogP contribution in [0.15, 0.2) is 71.4 Å². The number of carbonyl (C=O) groups excluding carboxylic acids is 1. The van der Waals surface area contributed by atoms with Gasteiger partial charge in [-0.2, -0.15) is 0 Å². The highest BCUT2D eigenvalue weighted by atomic mass is 19.1. The average Bonchev–Trinajstić information content (AvgIpc) is 3.26. The van der Waals surface area contributed by atoms with Crippen molar-refractivity contribution in [3.05, 3.63) is 89.4 Å². The molecule has 4 nitrogen and oxygen atoms in total. The second kappa shape index (κ2) is 9.96. The molecule has 4 rings (SSSR count). The molecule has 0 aliphatic carbocycles. The molecule has 0 bridgehead atoms. The summed E-state index contributed by atoms with van der Waals surface area (Å²) in [6.07, 6.45) is 4.20. The summed E-state index contributed by atoms with van der Waals surface area (Å²) >= 11 is 0. The van der Waals surface area contributed by atoms with E-state index >= 15 is 0 Å². The molecule has 0 aliphatic rings. The van der Waals surface area contributed by atoms with Crippen molar-refractivity contribution in [1.29, 1.82) is 0 Å². The molecule has 174 valence electrons. The lowest BCUT2D eigenvalue weighted by atomic mass is 9.96. The predicted molar refractivity (Wildman–Crippen MR) is 136 cm³/mol. The number of amides is 1.